The fourth-order valence-electron chi connectivity index (χ4n) is 3.76. The second-order valence-corrected chi connectivity index (χ2v) is 8.25. The molecule has 9 heteroatoms. The van der Waals surface area contributed by atoms with Gasteiger partial charge in [-0.2, -0.15) is 0 Å². The number of piperidine rings is 1. The van der Waals surface area contributed by atoms with E-state index in [1.165, 1.54) is 38.0 Å². The molecule has 2 N–H and O–H groups in total. The summed E-state index contributed by atoms with van der Waals surface area (Å²) in [5.41, 5.74) is 1.24. The van der Waals surface area contributed by atoms with Crippen LogP contribution in [0.4, 0.5) is 5.69 Å². The number of halogens is 1. The molecule has 0 radical (unpaired) electrons. The van der Waals surface area contributed by atoms with Gasteiger partial charge in [0.05, 0.1) is 0 Å². The van der Waals surface area contributed by atoms with E-state index in [1.807, 2.05) is 18.5 Å². The number of hydrogen-bond donors (Lipinski definition) is 2. The van der Waals surface area contributed by atoms with Crippen LogP contribution in [0.2, 0.25) is 0 Å². The molecule has 1 aromatic carbocycles. The third-order valence-corrected chi connectivity index (χ3v) is 5.89. The molecule has 2 heterocycles. The van der Waals surface area contributed by atoms with Crippen LogP contribution in [0.3, 0.4) is 0 Å². The van der Waals surface area contributed by atoms with Crippen LogP contribution >= 0.6 is 24.0 Å². The third kappa shape index (κ3) is 8.57. The molecule has 0 amide bonds. The lowest BCUT2D eigenvalue weighted by Gasteiger charge is -2.26. The first-order valence-corrected chi connectivity index (χ1v) is 11.5. The van der Waals surface area contributed by atoms with Gasteiger partial charge in [-0.1, -0.05) is 24.6 Å². The lowest BCUT2D eigenvalue weighted by atomic mass is 10.1. The SMILES string of the molecule is Cc1nnc(CN=C(NCCCN(C)c2ccccc2)NCCN2CCCCC2)n1C.I. The normalized spacial score (nSPS) is 14.7. The van der Waals surface area contributed by atoms with E-state index in [0.29, 0.717) is 6.54 Å². The molecule has 1 aliphatic heterocycles. The van der Waals surface area contributed by atoms with Crippen LogP contribution in [0.15, 0.2) is 35.3 Å². The fourth-order valence-corrected chi connectivity index (χ4v) is 3.76. The molecule has 2 aromatic rings. The van der Waals surface area contributed by atoms with Crippen LogP contribution in [-0.4, -0.2) is 71.9 Å². The minimum atomic E-state index is 0. The van der Waals surface area contributed by atoms with Crippen LogP contribution in [0.5, 0.6) is 0 Å². The van der Waals surface area contributed by atoms with Crippen molar-refractivity contribution in [2.24, 2.45) is 12.0 Å². The number of likely N-dealkylation sites (tertiary alicyclic amines) is 1. The first kappa shape index (κ1) is 26.4. The van der Waals surface area contributed by atoms with E-state index in [9.17, 15) is 0 Å². The number of hydrogen-bond acceptors (Lipinski definition) is 5. The van der Waals surface area contributed by atoms with Crippen molar-refractivity contribution in [1.82, 2.24) is 30.3 Å². The zero-order valence-electron chi connectivity index (χ0n) is 19.8. The number of guanidine groups is 1. The lowest BCUT2D eigenvalue weighted by molar-refractivity contribution is 0.232. The smallest absolute Gasteiger partial charge is 0.191 e. The Morgan fingerprint density at radius 2 is 1.78 bits per heavy atom. The Kier molecular flexibility index (Phi) is 11.8. The van der Waals surface area contributed by atoms with E-state index in [1.54, 1.807) is 0 Å². The van der Waals surface area contributed by atoms with Crippen LogP contribution < -0.4 is 15.5 Å². The third-order valence-electron chi connectivity index (χ3n) is 5.89. The molecule has 1 aliphatic rings. The summed E-state index contributed by atoms with van der Waals surface area (Å²) in [4.78, 5) is 9.58. The Morgan fingerprint density at radius 1 is 1.06 bits per heavy atom. The number of aliphatic imine (C=N–C) groups is 1. The number of anilines is 1. The number of aromatic nitrogens is 3. The van der Waals surface area contributed by atoms with Gasteiger partial charge in [0, 0.05) is 46.0 Å². The number of aryl methyl sites for hydroxylation is 1. The maximum Gasteiger partial charge on any atom is 0.191 e. The van der Waals surface area contributed by atoms with Crippen LogP contribution in [0, 0.1) is 6.92 Å². The summed E-state index contributed by atoms with van der Waals surface area (Å²) < 4.78 is 1.99. The topological polar surface area (TPSA) is 73.6 Å². The Labute approximate surface area is 209 Å². The molecule has 3 rings (SSSR count). The first-order chi connectivity index (χ1) is 15.1. The quantitative estimate of drug-likeness (QED) is 0.204. The van der Waals surface area contributed by atoms with Gasteiger partial charge in [0.15, 0.2) is 11.8 Å². The molecule has 32 heavy (non-hydrogen) atoms. The fraction of sp³-hybridized carbons (Fsp3) is 0.609. The van der Waals surface area contributed by atoms with Gasteiger partial charge in [-0.15, -0.1) is 34.2 Å². The van der Waals surface area contributed by atoms with E-state index in [0.717, 1.165) is 50.2 Å². The van der Waals surface area contributed by atoms with Crippen molar-refractivity contribution in [2.75, 3.05) is 51.2 Å². The second-order valence-electron chi connectivity index (χ2n) is 8.25. The van der Waals surface area contributed by atoms with Crippen LogP contribution in [0.1, 0.15) is 37.3 Å². The van der Waals surface area contributed by atoms with Gasteiger partial charge in [-0.05, 0) is 51.4 Å². The highest BCUT2D eigenvalue weighted by atomic mass is 127. The zero-order chi connectivity index (χ0) is 21.9. The summed E-state index contributed by atoms with van der Waals surface area (Å²) >= 11 is 0. The Balaban J connectivity index is 0.00000363. The Bertz CT molecular complexity index is 802. The van der Waals surface area contributed by atoms with Gasteiger partial charge in [0.1, 0.15) is 12.4 Å². The number of nitrogens with zero attached hydrogens (tertiary/aromatic N) is 6. The van der Waals surface area contributed by atoms with Crippen molar-refractivity contribution in [2.45, 2.75) is 39.2 Å². The van der Waals surface area contributed by atoms with E-state index in [-0.39, 0.29) is 24.0 Å². The molecule has 0 spiro atoms. The van der Waals surface area contributed by atoms with E-state index in [4.69, 9.17) is 4.99 Å². The summed E-state index contributed by atoms with van der Waals surface area (Å²) in [6.07, 6.45) is 5.04. The summed E-state index contributed by atoms with van der Waals surface area (Å²) in [5, 5.41) is 15.4. The molecular weight excluding hydrogens is 515 g/mol. The highest BCUT2D eigenvalue weighted by Gasteiger charge is 2.10. The van der Waals surface area contributed by atoms with Crippen molar-refractivity contribution >= 4 is 35.6 Å². The molecule has 1 saturated heterocycles. The van der Waals surface area contributed by atoms with E-state index < -0.39 is 0 Å². The lowest BCUT2D eigenvalue weighted by Crippen LogP contribution is -2.43. The van der Waals surface area contributed by atoms with Crippen molar-refractivity contribution in [1.29, 1.82) is 0 Å². The van der Waals surface area contributed by atoms with E-state index in [2.05, 4.69) is 68.0 Å². The molecule has 1 fully saturated rings. The number of nitrogens with one attached hydrogen (secondary N) is 2. The molecule has 0 bridgehead atoms. The average molecular weight is 555 g/mol. The second kappa shape index (κ2) is 14.3. The minimum absolute atomic E-state index is 0. The van der Waals surface area contributed by atoms with Crippen molar-refractivity contribution < 1.29 is 0 Å². The number of rotatable bonds is 10. The highest BCUT2D eigenvalue weighted by Crippen LogP contribution is 2.10. The Morgan fingerprint density at radius 3 is 2.47 bits per heavy atom. The van der Waals surface area contributed by atoms with Gasteiger partial charge < -0.3 is 25.0 Å². The highest BCUT2D eigenvalue weighted by molar-refractivity contribution is 14.0. The Hall–Kier alpha value is -1.88. The number of para-hydroxylation sites is 1. The first-order valence-electron chi connectivity index (χ1n) is 11.5. The standard InChI is InChI=1S/C23H38N8.HI/c1-20-27-28-22(30(20)3)19-26-23(25-14-18-31-16-8-5-9-17-31)24-13-10-15-29(2)21-11-6-4-7-12-21;/h4,6-7,11-12H,5,8-10,13-19H2,1-3H3,(H2,24,25,26);1H. The van der Waals surface area contributed by atoms with Crippen molar-refractivity contribution in [3.63, 3.8) is 0 Å². The maximum absolute atomic E-state index is 4.76. The molecule has 8 nitrogen and oxygen atoms in total. The molecule has 0 saturated carbocycles. The monoisotopic (exact) mass is 554 g/mol. The molecular formula is C23H39IN8. The summed E-state index contributed by atoms with van der Waals surface area (Å²) in [6.45, 7) is 8.70. The molecule has 0 atom stereocenters. The van der Waals surface area contributed by atoms with Crippen LogP contribution in [-0.2, 0) is 13.6 Å². The minimum Gasteiger partial charge on any atom is -0.375 e. The molecule has 0 aliphatic carbocycles. The summed E-state index contributed by atoms with van der Waals surface area (Å²) in [7, 11) is 4.12. The van der Waals surface area contributed by atoms with Gasteiger partial charge in [-0.3, -0.25) is 0 Å². The molecule has 0 unspecified atom stereocenters. The van der Waals surface area contributed by atoms with Crippen molar-refractivity contribution in [3.8, 4) is 0 Å². The summed E-state index contributed by atoms with van der Waals surface area (Å²) in [6, 6.07) is 10.5. The number of benzene rings is 1. The van der Waals surface area contributed by atoms with Gasteiger partial charge >= 0.3 is 0 Å². The van der Waals surface area contributed by atoms with Crippen LogP contribution in [0.25, 0.3) is 0 Å². The molecule has 178 valence electrons. The molecule has 1 aromatic heterocycles. The van der Waals surface area contributed by atoms with E-state index >= 15 is 0 Å². The van der Waals surface area contributed by atoms with Gasteiger partial charge in [-0.25, -0.2) is 4.99 Å². The summed E-state index contributed by atoms with van der Waals surface area (Å²) in [5.74, 6) is 2.63. The predicted molar refractivity (Wildman–Crippen MR) is 143 cm³/mol. The zero-order valence-corrected chi connectivity index (χ0v) is 22.1. The average Bonchev–Trinajstić information content (AvgIpc) is 3.13. The largest absolute Gasteiger partial charge is 0.375 e. The van der Waals surface area contributed by atoms with Gasteiger partial charge in [0.2, 0.25) is 0 Å². The predicted octanol–water partition coefficient (Wildman–Crippen LogP) is 2.79. The van der Waals surface area contributed by atoms with Crippen molar-refractivity contribution in [3.05, 3.63) is 42.0 Å². The maximum atomic E-state index is 4.76. The van der Waals surface area contributed by atoms with Gasteiger partial charge in [0.25, 0.3) is 0 Å².